The molecule has 0 spiro atoms. The van der Waals surface area contributed by atoms with Gasteiger partial charge in [-0.3, -0.25) is 0 Å². The van der Waals surface area contributed by atoms with Gasteiger partial charge in [-0.1, -0.05) is 48.5 Å². The van der Waals surface area contributed by atoms with Crippen LogP contribution in [0.25, 0.3) is 34.0 Å². The highest BCUT2D eigenvalue weighted by atomic mass is 16.5. The summed E-state index contributed by atoms with van der Waals surface area (Å²) in [4.78, 5) is 0. The van der Waals surface area contributed by atoms with Gasteiger partial charge in [-0.25, -0.2) is 0 Å². The van der Waals surface area contributed by atoms with Crippen LogP contribution >= 0.6 is 0 Å². The molecular formula is C23H19N2O2. The van der Waals surface area contributed by atoms with Gasteiger partial charge in [0.1, 0.15) is 5.75 Å². The van der Waals surface area contributed by atoms with Gasteiger partial charge in [0.2, 0.25) is 11.8 Å². The molecule has 0 atom stereocenters. The monoisotopic (exact) mass is 355 g/mol. The summed E-state index contributed by atoms with van der Waals surface area (Å²) in [5, 5.41) is 8.49. The Morgan fingerprint density at radius 2 is 1.37 bits per heavy atom. The van der Waals surface area contributed by atoms with E-state index in [4.69, 9.17) is 9.15 Å². The molecule has 0 aliphatic rings. The summed E-state index contributed by atoms with van der Waals surface area (Å²) in [7, 11) is 0. The van der Waals surface area contributed by atoms with Gasteiger partial charge in [0, 0.05) is 11.1 Å². The summed E-state index contributed by atoms with van der Waals surface area (Å²) in [5.74, 6) is 1.79. The van der Waals surface area contributed by atoms with Crippen LogP contribution in [0.2, 0.25) is 0 Å². The fourth-order valence-electron chi connectivity index (χ4n) is 2.87. The minimum absolute atomic E-state index is 0.483. The zero-order chi connectivity index (χ0) is 18.5. The van der Waals surface area contributed by atoms with Crippen molar-refractivity contribution in [3.05, 3.63) is 85.8 Å². The van der Waals surface area contributed by atoms with Gasteiger partial charge >= 0.3 is 0 Å². The van der Waals surface area contributed by atoms with Gasteiger partial charge in [-0.15, -0.1) is 10.2 Å². The first-order chi connectivity index (χ1) is 13.3. The number of aromatic nitrogens is 2. The standard InChI is InChI=1S/C23H19N2O2/c1-2-16-26-19-14-12-18(13-15-19)22-24-25-23(27-22)21-11-7-6-10-20(21)17-8-4-3-5-9-17/h3-15H,1-2,16H2. The topological polar surface area (TPSA) is 48.2 Å². The van der Waals surface area contributed by atoms with Gasteiger partial charge in [-0.05, 0) is 54.8 Å². The highest BCUT2D eigenvalue weighted by Gasteiger charge is 2.14. The van der Waals surface area contributed by atoms with Gasteiger partial charge in [0.05, 0.1) is 6.61 Å². The molecule has 0 fully saturated rings. The third-order valence-electron chi connectivity index (χ3n) is 4.18. The molecule has 3 aromatic carbocycles. The molecule has 0 N–H and O–H groups in total. The summed E-state index contributed by atoms with van der Waals surface area (Å²) in [6, 6.07) is 25.8. The zero-order valence-corrected chi connectivity index (χ0v) is 14.8. The van der Waals surface area contributed by atoms with E-state index >= 15 is 0 Å². The van der Waals surface area contributed by atoms with E-state index in [0.717, 1.165) is 34.4 Å². The minimum atomic E-state index is 0.483. The van der Waals surface area contributed by atoms with Crippen LogP contribution in [0.3, 0.4) is 0 Å². The molecule has 0 amide bonds. The molecule has 1 radical (unpaired) electrons. The quantitative estimate of drug-likeness (QED) is 0.447. The first-order valence-corrected chi connectivity index (χ1v) is 8.86. The van der Waals surface area contributed by atoms with E-state index in [2.05, 4.69) is 35.3 Å². The van der Waals surface area contributed by atoms with Crippen LogP contribution < -0.4 is 4.74 Å². The fraction of sp³-hybridized carbons (Fsp3) is 0.0870. The normalized spacial score (nSPS) is 10.7. The molecule has 0 aliphatic carbocycles. The Labute approximate surface area is 158 Å². The predicted molar refractivity (Wildman–Crippen MR) is 106 cm³/mol. The summed E-state index contributed by atoms with van der Waals surface area (Å²) in [6.45, 7) is 4.37. The Balaban J connectivity index is 1.64. The second kappa shape index (κ2) is 7.87. The highest BCUT2D eigenvalue weighted by Crippen LogP contribution is 2.32. The summed E-state index contributed by atoms with van der Waals surface area (Å²) in [5.41, 5.74) is 3.94. The Bertz CT molecular complexity index is 1010. The molecule has 133 valence electrons. The lowest BCUT2D eigenvalue weighted by atomic mass is 10.00. The van der Waals surface area contributed by atoms with Crippen LogP contribution in [0.15, 0.2) is 83.3 Å². The number of ether oxygens (including phenoxy) is 1. The van der Waals surface area contributed by atoms with E-state index in [-0.39, 0.29) is 0 Å². The molecule has 4 heteroatoms. The van der Waals surface area contributed by atoms with Crippen molar-refractivity contribution in [3.8, 4) is 39.8 Å². The summed E-state index contributed by atoms with van der Waals surface area (Å²) >= 11 is 0. The van der Waals surface area contributed by atoms with Crippen molar-refractivity contribution < 1.29 is 9.15 Å². The maximum Gasteiger partial charge on any atom is 0.248 e. The van der Waals surface area contributed by atoms with E-state index in [1.54, 1.807) is 0 Å². The van der Waals surface area contributed by atoms with Crippen LogP contribution in [0.4, 0.5) is 0 Å². The smallest absolute Gasteiger partial charge is 0.248 e. The van der Waals surface area contributed by atoms with Crippen LogP contribution in [0.1, 0.15) is 6.42 Å². The third kappa shape index (κ3) is 3.75. The molecule has 4 aromatic rings. The minimum Gasteiger partial charge on any atom is -0.494 e. The molecule has 0 saturated carbocycles. The van der Waals surface area contributed by atoms with Crippen molar-refractivity contribution in [2.24, 2.45) is 0 Å². The van der Waals surface area contributed by atoms with Crippen LogP contribution in [0, 0.1) is 6.92 Å². The Morgan fingerprint density at radius 3 is 2.11 bits per heavy atom. The lowest BCUT2D eigenvalue weighted by molar-refractivity contribution is 0.324. The summed E-state index contributed by atoms with van der Waals surface area (Å²) in [6.07, 6.45) is 0.732. The second-order valence-corrected chi connectivity index (χ2v) is 6.05. The SMILES string of the molecule is [CH2]CCOc1ccc(-c2nnc(-c3ccccc3-c3ccccc3)o2)cc1. The molecule has 0 aliphatic heterocycles. The van der Waals surface area contributed by atoms with Crippen molar-refractivity contribution in [1.82, 2.24) is 10.2 Å². The van der Waals surface area contributed by atoms with Gasteiger partial charge < -0.3 is 9.15 Å². The van der Waals surface area contributed by atoms with Gasteiger partial charge in [-0.2, -0.15) is 0 Å². The molecule has 1 aromatic heterocycles. The van der Waals surface area contributed by atoms with E-state index in [9.17, 15) is 0 Å². The van der Waals surface area contributed by atoms with Gasteiger partial charge in [0.15, 0.2) is 0 Å². The van der Waals surface area contributed by atoms with E-state index in [1.165, 1.54) is 0 Å². The van der Waals surface area contributed by atoms with Crippen molar-refractivity contribution in [2.45, 2.75) is 6.42 Å². The van der Waals surface area contributed by atoms with Crippen molar-refractivity contribution in [2.75, 3.05) is 6.61 Å². The predicted octanol–water partition coefficient (Wildman–Crippen LogP) is 5.67. The molecule has 4 nitrogen and oxygen atoms in total. The highest BCUT2D eigenvalue weighted by molar-refractivity contribution is 5.80. The van der Waals surface area contributed by atoms with Crippen LogP contribution in [0.5, 0.6) is 5.75 Å². The molecular weight excluding hydrogens is 336 g/mol. The number of hydrogen-bond donors (Lipinski definition) is 0. The van der Waals surface area contributed by atoms with E-state index in [1.807, 2.05) is 60.7 Å². The van der Waals surface area contributed by atoms with Gasteiger partial charge in [0.25, 0.3) is 0 Å². The average molecular weight is 355 g/mol. The molecule has 27 heavy (non-hydrogen) atoms. The fourth-order valence-corrected chi connectivity index (χ4v) is 2.87. The number of rotatable bonds is 6. The maximum absolute atomic E-state index is 5.97. The molecule has 0 saturated heterocycles. The first kappa shape index (κ1) is 17.0. The number of benzene rings is 3. The van der Waals surface area contributed by atoms with Crippen LogP contribution in [-0.4, -0.2) is 16.8 Å². The van der Waals surface area contributed by atoms with E-state index < -0.39 is 0 Å². The average Bonchev–Trinajstić information content (AvgIpc) is 3.23. The molecule has 0 unspecified atom stereocenters. The van der Waals surface area contributed by atoms with Crippen molar-refractivity contribution >= 4 is 0 Å². The van der Waals surface area contributed by atoms with Crippen LogP contribution in [-0.2, 0) is 0 Å². The molecule has 1 heterocycles. The third-order valence-corrected chi connectivity index (χ3v) is 4.18. The zero-order valence-electron chi connectivity index (χ0n) is 14.8. The summed E-state index contributed by atoms with van der Waals surface area (Å²) < 4.78 is 11.5. The lowest BCUT2D eigenvalue weighted by Gasteiger charge is -2.06. The molecule has 0 bridgehead atoms. The first-order valence-electron chi connectivity index (χ1n) is 8.86. The van der Waals surface area contributed by atoms with Crippen molar-refractivity contribution in [1.29, 1.82) is 0 Å². The Hall–Kier alpha value is -3.40. The Kier molecular flexibility index (Phi) is 4.97. The number of nitrogens with zero attached hydrogens (tertiary/aromatic N) is 2. The van der Waals surface area contributed by atoms with E-state index in [0.29, 0.717) is 18.4 Å². The lowest BCUT2D eigenvalue weighted by Crippen LogP contribution is -1.94. The maximum atomic E-state index is 5.97. The van der Waals surface area contributed by atoms with Crippen molar-refractivity contribution in [3.63, 3.8) is 0 Å². The molecule has 4 rings (SSSR count). The Morgan fingerprint density at radius 1 is 0.704 bits per heavy atom. The number of hydrogen-bond acceptors (Lipinski definition) is 4. The second-order valence-electron chi connectivity index (χ2n) is 6.05. The largest absolute Gasteiger partial charge is 0.494 e.